The molecule has 1 aliphatic carbocycles. The first kappa shape index (κ1) is 21.7. The highest BCUT2D eigenvalue weighted by molar-refractivity contribution is 8.00. The highest BCUT2D eigenvalue weighted by atomic mass is 32.2. The molecule has 164 valence electrons. The molecule has 1 saturated carbocycles. The van der Waals surface area contributed by atoms with E-state index in [4.69, 9.17) is 4.74 Å². The number of fused-ring (bicyclic) bond motifs is 1. The number of thioether (sulfide) groups is 1. The van der Waals surface area contributed by atoms with Gasteiger partial charge in [-0.1, -0.05) is 43.2 Å². The van der Waals surface area contributed by atoms with Crippen LogP contribution in [-0.2, 0) is 14.8 Å². The summed E-state index contributed by atoms with van der Waals surface area (Å²) in [5, 5.41) is 3.34. The Bertz CT molecular complexity index is 1170. The molecule has 1 aliphatic rings. The van der Waals surface area contributed by atoms with E-state index in [1.165, 1.54) is 29.6 Å². The van der Waals surface area contributed by atoms with Gasteiger partial charge in [0.1, 0.15) is 5.75 Å². The van der Waals surface area contributed by atoms with Crippen LogP contribution in [0.25, 0.3) is 11.0 Å². The molecule has 0 atom stereocenters. The van der Waals surface area contributed by atoms with Crippen molar-refractivity contribution in [2.75, 3.05) is 12.9 Å². The Kier molecular flexibility index (Phi) is 6.52. The molecule has 0 bridgehead atoms. The Morgan fingerprint density at radius 1 is 1.13 bits per heavy atom. The Labute approximate surface area is 186 Å². The molecule has 3 aromatic rings. The van der Waals surface area contributed by atoms with Gasteiger partial charge in [0, 0.05) is 6.04 Å². The molecule has 4 rings (SSSR count). The van der Waals surface area contributed by atoms with Gasteiger partial charge in [-0.05, 0) is 49.2 Å². The van der Waals surface area contributed by atoms with Crippen LogP contribution in [0.4, 0.5) is 0 Å². The normalized spacial score (nSPS) is 15.1. The second-order valence-corrected chi connectivity index (χ2v) is 10.2. The first-order chi connectivity index (χ1) is 15.0. The van der Waals surface area contributed by atoms with Crippen molar-refractivity contribution in [1.29, 1.82) is 0 Å². The van der Waals surface area contributed by atoms with E-state index in [0.29, 0.717) is 16.8 Å². The van der Waals surface area contributed by atoms with Crippen molar-refractivity contribution in [3.05, 3.63) is 48.5 Å². The van der Waals surface area contributed by atoms with Crippen molar-refractivity contribution < 1.29 is 17.9 Å². The van der Waals surface area contributed by atoms with Crippen molar-refractivity contribution >= 4 is 38.7 Å². The Morgan fingerprint density at radius 2 is 1.84 bits per heavy atom. The van der Waals surface area contributed by atoms with E-state index >= 15 is 0 Å². The summed E-state index contributed by atoms with van der Waals surface area (Å²) >= 11 is 1.13. The standard InChI is InChI=1S/C22H25N3O4S2/c1-29-17-11-13-18(14-12-17)31(27,28)25-20-10-6-5-9-19(20)24-22(25)30-15-21(26)23-16-7-3-2-4-8-16/h5-6,9-14,16H,2-4,7-8,15H2,1H3,(H,23,26). The van der Waals surface area contributed by atoms with Crippen LogP contribution >= 0.6 is 11.8 Å². The molecule has 1 fully saturated rings. The van der Waals surface area contributed by atoms with Gasteiger partial charge in [-0.2, -0.15) is 0 Å². The first-order valence-corrected chi connectivity index (χ1v) is 12.7. The molecule has 0 saturated heterocycles. The van der Waals surface area contributed by atoms with Crippen LogP contribution < -0.4 is 10.1 Å². The summed E-state index contributed by atoms with van der Waals surface area (Å²) in [6.45, 7) is 0. The van der Waals surface area contributed by atoms with E-state index in [1.54, 1.807) is 30.3 Å². The van der Waals surface area contributed by atoms with Crippen molar-refractivity contribution in [2.24, 2.45) is 0 Å². The number of aromatic nitrogens is 2. The first-order valence-electron chi connectivity index (χ1n) is 10.3. The fourth-order valence-electron chi connectivity index (χ4n) is 3.80. The molecular weight excluding hydrogens is 434 g/mol. The number of hydrogen-bond acceptors (Lipinski definition) is 6. The van der Waals surface area contributed by atoms with Gasteiger partial charge in [-0.15, -0.1) is 0 Å². The highest BCUT2D eigenvalue weighted by Crippen LogP contribution is 2.29. The fourth-order valence-corrected chi connectivity index (χ4v) is 6.33. The highest BCUT2D eigenvalue weighted by Gasteiger charge is 2.25. The minimum absolute atomic E-state index is 0.0997. The number of methoxy groups -OCH3 is 1. The number of para-hydroxylation sites is 2. The average molecular weight is 460 g/mol. The smallest absolute Gasteiger partial charge is 0.270 e. The zero-order valence-corrected chi connectivity index (χ0v) is 18.9. The van der Waals surface area contributed by atoms with Crippen molar-refractivity contribution in [2.45, 2.75) is 48.2 Å². The number of nitrogens with one attached hydrogen (secondary N) is 1. The molecule has 31 heavy (non-hydrogen) atoms. The number of imidazole rings is 1. The van der Waals surface area contributed by atoms with Crippen LogP contribution in [0.1, 0.15) is 32.1 Å². The Balaban J connectivity index is 1.61. The predicted octanol–water partition coefficient (Wildman–Crippen LogP) is 3.82. The topological polar surface area (TPSA) is 90.3 Å². The van der Waals surface area contributed by atoms with Crippen LogP contribution in [0.15, 0.2) is 58.6 Å². The molecule has 1 aromatic heterocycles. The van der Waals surface area contributed by atoms with Crippen molar-refractivity contribution in [1.82, 2.24) is 14.3 Å². The van der Waals surface area contributed by atoms with Gasteiger partial charge in [0.15, 0.2) is 5.16 Å². The minimum Gasteiger partial charge on any atom is -0.497 e. The summed E-state index contributed by atoms with van der Waals surface area (Å²) in [7, 11) is -2.38. The third-order valence-corrected chi connectivity index (χ3v) is 8.16. The lowest BCUT2D eigenvalue weighted by Gasteiger charge is -2.22. The number of amides is 1. The summed E-state index contributed by atoms with van der Waals surface area (Å²) in [6, 6.07) is 13.5. The summed E-state index contributed by atoms with van der Waals surface area (Å²) in [4.78, 5) is 17.1. The average Bonchev–Trinajstić information content (AvgIpc) is 3.18. The van der Waals surface area contributed by atoms with E-state index in [-0.39, 0.29) is 27.8 Å². The maximum absolute atomic E-state index is 13.5. The van der Waals surface area contributed by atoms with Gasteiger partial charge in [-0.3, -0.25) is 4.79 Å². The monoisotopic (exact) mass is 459 g/mol. The van der Waals surface area contributed by atoms with Crippen LogP contribution in [0.5, 0.6) is 5.75 Å². The van der Waals surface area contributed by atoms with Crippen molar-refractivity contribution in [3.63, 3.8) is 0 Å². The SMILES string of the molecule is COc1ccc(S(=O)(=O)n2c(SCC(=O)NC3CCCCC3)nc3ccccc32)cc1. The summed E-state index contributed by atoms with van der Waals surface area (Å²) in [5.74, 6) is 0.582. The maximum Gasteiger partial charge on any atom is 0.270 e. The molecule has 9 heteroatoms. The number of hydrogen-bond donors (Lipinski definition) is 1. The zero-order chi connectivity index (χ0) is 21.8. The van der Waals surface area contributed by atoms with Crippen molar-refractivity contribution in [3.8, 4) is 5.75 Å². The summed E-state index contributed by atoms with van der Waals surface area (Å²) in [6.07, 6.45) is 5.48. The third-order valence-electron chi connectivity index (χ3n) is 5.39. The van der Waals surface area contributed by atoms with E-state index in [1.807, 2.05) is 6.07 Å². The van der Waals surface area contributed by atoms with Gasteiger partial charge in [0.2, 0.25) is 5.91 Å². The lowest BCUT2D eigenvalue weighted by molar-refractivity contribution is -0.119. The third kappa shape index (κ3) is 4.72. The van der Waals surface area contributed by atoms with Gasteiger partial charge in [0.05, 0.1) is 28.8 Å². The molecule has 1 N–H and O–H groups in total. The number of ether oxygens (including phenoxy) is 1. The second-order valence-electron chi connectivity index (χ2n) is 7.52. The number of carbonyl (C=O) groups is 1. The number of carbonyl (C=O) groups excluding carboxylic acids is 1. The predicted molar refractivity (Wildman–Crippen MR) is 121 cm³/mol. The quantitative estimate of drug-likeness (QED) is 0.540. The zero-order valence-electron chi connectivity index (χ0n) is 17.3. The van der Waals surface area contributed by atoms with Crippen LogP contribution in [-0.4, -0.2) is 42.2 Å². The van der Waals surface area contributed by atoms with Crippen LogP contribution in [0.3, 0.4) is 0 Å². The second kappa shape index (κ2) is 9.32. The van der Waals surface area contributed by atoms with Gasteiger partial charge < -0.3 is 10.1 Å². The number of rotatable bonds is 7. The van der Waals surface area contributed by atoms with E-state index in [9.17, 15) is 13.2 Å². The summed E-state index contributed by atoms with van der Waals surface area (Å²) in [5.41, 5.74) is 1.04. The molecule has 0 unspecified atom stereocenters. The molecule has 1 heterocycles. The molecule has 0 radical (unpaired) electrons. The van der Waals surface area contributed by atoms with E-state index in [2.05, 4.69) is 10.3 Å². The molecule has 2 aromatic carbocycles. The molecule has 0 spiro atoms. The molecule has 1 amide bonds. The fraction of sp³-hybridized carbons (Fsp3) is 0.364. The lowest BCUT2D eigenvalue weighted by atomic mass is 9.95. The van der Waals surface area contributed by atoms with E-state index < -0.39 is 10.0 Å². The van der Waals surface area contributed by atoms with Crippen LogP contribution in [0, 0.1) is 0 Å². The van der Waals surface area contributed by atoms with E-state index in [0.717, 1.165) is 37.4 Å². The largest absolute Gasteiger partial charge is 0.497 e. The van der Waals surface area contributed by atoms with Gasteiger partial charge in [-0.25, -0.2) is 17.4 Å². The Hall–Kier alpha value is -2.52. The number of benzene rings is 2. The Morgan fingerprint density at radius 3 is 2.55 bits per heavy atom. The van der Waals surface area contributed by atoms with Crippen LogP contribution in [0.2, 0.25) is 0 Å². The minimum atomic E-state index is -3.91. The number of nitrogens with zero attached hydrogens (tertiary/aromatic N) is 2. The van der Waals surface area contributed by atoms with Gasteiger partial charge in [0.25, 0.3) is 10.0 Å². The summed E-state index contributed by atoms with van der Waals surface area (Å²) < 4.78 is 33.3. The maximum atomic E-state index is 13.5. The molecular formula is C22H25N3O4S2. The molecule has 7 nitrogen and oxygen atoms in total. The lowest BCUT2D eigenvalue weighted by Crippen LogP contribution is -2.37. The molecule has 0 aliphatic heterocycles. The van der Waals surface area contributed by atoms with Gasteiger partial charge >= 0.3 is 0 Å².